The van der Waals surface area contributed by atoms with Gasteiger partial charge in [-0.3, -0.25) is 0 Å². The van der Waals surface area contributed by atoms with Gasteiger partial charge in [0.05, 0.1) is 12.9 Å². The van der Waals surface area contributed by atoms with Crippen LogP contribution >= 0.6 is 0 Å². The molecule has 1 aliphatic heterocycles. The van der Waals surface area contributed by atoms with Crippen molar-refractivity contribution in [3.8, 4) is 0 Å². The summed E-state index contributed by atoms with van der Waals surface area (Å²) >= 11 is 0. The summed E-state index contributed by atoms with van der Waals surface area (Å²) in [6.07, 6.45) is 5.73. The number of H-pyrrole nitrogens is 1. The number of aromatic nitrogens is 4. The lowest BCUT2D eigenvalue weighted by Gasteiger charge is -2.42. The van der Waals surface area contributed by atoms with Crippen molar-refractivity contribution in [3.05, 3.63) is 48.3 Å². The van der Waals surface area contributed by atoms with Crippen LogP contribution in [0, 0.1) is 11.2 Å². The number of aromatic amines is 1. The topological polar surface area (TPSA) is 77.9 Å². The van der Waals surface area contributed by atoms with Crippen LogP contribution in [0.1, 0.15) is 18.4 Å². The van der Waals surface area contributed by atoms with Crippen molar-refractivity contribution in [2.24, 2.45) is 5.41 Å². The molecule has 3 heterocycles. The van der Waals surface area contributed by atoms with Crippen molar-refractivity contribution in [3.63, 3.8) is 0 Å². The fourth-order valence-electron chi connectivity index (χ4n) is 3.75. The Labute approximate surface area is 144 Å². The van der Waals surface area contributed by atoms with Gasteiger partial charge in [-0.15, -0.1) is 0 Å². The Bertz CT molecular complexity index is 865. The third kappa shape index (κ3) is 3.07. The summed E-state index contributed by atoms with van der Waals surface area (Å²) in [5.74, 6) is 0.578. The van der Waals surface area contributed by atoms with Crippen molar-refractivity contribution in [2.45, 2.75) is 19.3 Å². The highest BCUT2D eigenvalue weighted by Gasteiger charge is 2.36. The minimum atomic E-state index is -0.270. The highest BCUT2D eigenvalue weighted by molar-refractivity contribution is 5.82. The van der Waals surface area contributed by atoms with E-state index < -0.39 is 0 Å². The summed E-state index contributed by atoms with van der Waals surface area (Å²) < 4.78 is 13.2. The highest BCUT2D eigenvalue weighted by Crippen LogP contribution is 2.36. The van der Waals surface area contributed by atoms with Gasteiger partial charge in [-0.05, 0) is 37.0 Å². The minimum Gasteiger partial charge on any atom is -0.396 e. The van der Waals surface area contributed by atoms with E-state index in [0.717, 1.165) is 36.3 Å². The summed E-state index contributed by atoms with van der Waals surface area (Å²) in [5, 5.41) is 10.1. The maximum absolute atomic E-state index is 13.2. The van der Waals surface area contributed by atoms with Crippen LogP contribution in [0.5, 0.6) is 0 Å². The molecule has 1 atom stereocenters. The molecule has 0 bridgehead atoms. The molecule has 1 aromatic carbocycles. The Kier molecular flexibility index (Phi) is 4.09. The maximum Gasteiger partial charge on any atom is 0.182 e. The van der Waals surface area contributed by atoms with Gasteiger partial charge < -0.3 is 15.0 Å². The Morgan fingerprint density at radius 1 is 1.20 bits per heavy atom. The molecule has 0 spiro atoms. The normalized spacial score (nSPS) is 21.0. The molecule has 0 saturated carbocycles. The molecule has 6 nitrogen and oxygen atoms in total. The van der Waals surface area contributed by atoms with E-state index in [9.17, 15) is 9.50 Å². The van der Waals surface area contributed by atoms with E-state index in [4.69, 9.17) is 0 Å². The zero-order chi connectivity index (χ0) is 17.3. The van der Waals surface area contributed by atoms with E-state index in [1.54, 1.807) is 18.5 Å². The summed E-state index contributed by atoms with van der Waals surface area (Å²) in [4.78, 5) is 18.1. The number of nitrogens with zero attached hydrogens (tertiary/aromatic N) is 4. The SMILES string of the molecule is OC[C@@]1(Cc2ccc(F)cc2)CCCN(c2ncnc3nc[nH]c23)C1. The summed E-state index contributed by atoms with van der Waals surface area (Å²) in [6.45, 7) is 1.64. The molecule has 0 aliphatic carbocycles. The summed E-state index contributed by atoms with van der Waals surface area (Å²) in [6, 6.07) is 6.53. The first-order valence-electron chi connectivity index (χ1n) is 8.43. The van der Waals surface area contributed by atoms with E-state index >= 15 is 0 Å². The number of anilines is 1. The molecule has 2 N–H and O–H groups in total. The smallest absolute Gasteiger partial charge is 0.182 e. The molecule has 3 aromatic rings. The lowest BCUT2D eigenvalue weighted by molar-refractivity contribution is 0.105. The number of aliphatic hydroxyl groups excluding tert-OH is 1. The van der Waals surface area contributed by atoms with Crippen LogP contribution in [0.4, 0.5) is 10.2 Å². The van der Waals surface area contributed by atoms with Gasteiger partial charge in [-0.1, -0.05) is 12.1 Å². The molecule has 4 rings (SSSR count). The second kappa shape index (κ2) is 6.40. The van der Waals surface area contributed by atoms with E-state index in [2.05, 4.69) is 24.8 Å². The molecule has 2 aromatic heterocycles. The average Bonchev–Trinajstić information content (AvgIpc) is 3.13. The van der Waals surface area contributed by atoms with Gasteiger partial charge in [-0.2, -0.15) is 0 Å². The quantitative estimate of drug-likeness (QED) is 0.761. The third-order valence-electron chi connectivity index (χ3n) is 4.99. The fraction of sp³-hybridized carbons (Fsp3) is 0.389. The first-order chi connectivity index (χ1) is 12.2. The van der Waals surface area contributed by atoms with Gasteiger partial charge in [0.15, 0.2) is 11.5 Å². The van der Waals surface area contributed by atoms with Crippen molar-refractivity contribution >= 4 is 17.0 Å². The number of benzene rings is 1. The second-order valence-electron chi connectivity index (χ2n) is 6.78. The van der Waals surface area contributed by atoms with E-state index in [1.165, 1.54) is 18.5 Å². The minimum absolute atomic E-state index is 0.0814. The lowest BCUT2D eigenvalue weighted by Crippen LogP contribution is -2.47. The number of nitrogens with one attached hydrogen (secondary N) is 1. The summed E-state index contributed by atoms with van der Waals surface area (Å²) in [5.41, 5.74) is 2.22. The lowest BCUT2D eigenvalue weighted by atomic mass is 9.75. The number of hydrogen-bond donors (Lipinski definition) is 2. The molecule has 1 aliphatic rings. The Balaban J connectivity index is 1.62. The maximum atomic E-state index is 13.2. The summed E-state index contributed by atoms with van der Waals surface area (Å²) in [7, 11) is 0. The van der Waals surface area contributed by atoms with Crippen molar-refractivity contribution in [1.82, 2.24) is 19.9 Å². The number of piperidine rings is 1. The standard InChI is InChI=1S/C18H20FN5O/c19-14-4-2-13(3-5-14)8-18(10-25)6-1-7-24(9-18)17-15-16(21-11-20-15)22-12-23-17/h2-5,11-12,25H,1,6-10H2,(H,20,21,22,23)/t18-/m1/s1. The first-order valence-corrected chi connectivity index (χ1v) is 8.43. The molecular weight excluding hydrogens is 321 g/mol. The van der Waals surface area contributed by atoms with Gasteiger partial charge in [0.25, 0.3) is 0 Å². The first kappa shape index (κ1) is 16.0. The molecule has 0 amide bonds. The van der Waals surface area contributed by atoms with Crippen molar-refractivity contribution in [1.29, 1.82) is 0 Å². The number of halogens is 1. The zero-order valence-corrected chi connectivity index (χ0v) is 13.8. The van der Waals surface area contributed by atoms with Gasteiger partial charge in [0.2, 0.25) is 0 Å². The predicted molar refractivity (Wildman–Crippen MR) is 92.8 cm³/mol. The third-order valence-corrected chi connectivity index (χ3v) is 4.99. The van der Waals surface area contributed by atoms with E-state index in [0.29, 0.717) is 18.6 Å². The van der Waals surface area contributed by atoms with Crippen molar-refractivity contribution < 1.29 is 9.50 Å². The zero-order valence-electron chi connectivity index (χ0n) is 13.8. The molecule has 130 valence electrons. The Morgan fingerprint density at radius 2 is 2.04 bits per heavy atom. The molecule has 0 radical (unpaired) electrons. The highest BCUT2D eigenvalue weighted by atomic mass is 19.1. The van der Waals surface area contributed by atoms with Gasteiger partial charge in [0.1, 0.15) is 17.7 Å². The molecule has 1 fully saturated rings. The average molecular weight is 341 g/mol. The number of hydrogen-bond acceptors (Lipinski definition) is 5. The Hall–Kier alpha value is -2.54. The monoisotopic (exact) mass is 341 g/mol. The Morgan fingerprint density at radius 3 is 2.84 bits per heavy atom. The molecule has 25 heavy (non-hydrogen) atoms. The van der Waals surface area contributed by atoms with E-state index in [-0.39, 0.29) is 17.8 Å². The van der Waals surface area contributed by atoms with Crippen LogP contribution < -0.4 is 4.90 Å². The van der Waals surface area contributed by atoms with Crippen LogP contribution in [-0.2, 0) is 6.42 Å². The molecule has 1 saturated heterocycles. The second-order valence-corrected chi connectivity index (χ2v) is 6.78. The van der Waals surface area contributed by atoms with Gasteiger partial charge in [-0.25, -0.2) is 19.3 Å². The predicted octanol–water partition coefficient (Wildman–Crippen LogP) is 2.31. The van der Waals surface area contributed by atoms with Gasteiger partial charge >= 0.3 is 0 Å². The molecule has 0 unspecified atom stereocenters. The number of imidazole rings is 1. The fourth-order valence-corrected chi connectivity index (χ4v) is 3.75. The van der Waals surface area contributed by atoms with Crippen LogP contribution in [0.2, 0.25) is 0 Å². The number of aliphatic hydroxyl groups is 1. The molecular formula is C18H20FN5O. The van der Waals surface area contributed by atoms with Crippen LogP contribution in [0.3, 0.4) is 0 Å². The number of fused-ring (bicyclic) bond motifs is 1. The van der Waals surface area contributed by atoms with Gasteiger partial charge in [0, 0.05) is 18.5 Å². The largest absolute Gasteiger partial charge is 0.396 e. The van der Waals surface area contributed by atoms with E-state index in [1.807, 2.05) is 0 Å². The van der Waals surface area contributed by atoms with Crippen LogP contribution in [0.15, 0.2) is 36.9 Å². The van der Waals surface area contributed by atoms with Crippen molar-refractivity contribution in [2.75, 3.05) is 24.6 Å². The van der Waals surface area contributed by atoms with Crippen LogP contribution in [0.25, 0.3) is 11.2 Å². The number of rotatable bonds is 4. The molecule has 7 heteroatoms. The van der Waals surface area contributed by atoms with Crippen LogP contribution in [-0.4, -0.2) is 44.7 Å².